The third-order valence-corrected chi connectivity index (χ3v) is 4.17. The van der Waals surface area contributed by atoms with Crippen molar-refractivity contribution in [2.75, 3.05) is 18.8 Å². The molecule has 0 aromatic heterocycles. The molecule has 1 nitrogen and oxygen atoms in total. The van der Waals surface area contributed by atoms with E-state index in [0.717, 1.165) is 12.5 Å². The quantitative estimate of drug-likeness (QED) is 0.599. The minimum Gasteiger partial charge on any atom is -0.316 e. The molecule has 16 heavy (non-hydrogen) atoms. The summed E-state index contributed by atoms with van der Waals surface area (Å²) in [5, 5.41) is 3.53. The van der Waals surface area contributed by atoms with Crippen LogP contribution in [0.15, 0.2) is 23.1 Å². The molecule has 0 saturated heterocycles. The van der Waals surface area contributed by atoms with E-state index in [-0.39, 0.29) is 0 Å². The molecular formula is C14H21NS. The first-order valence-electron chi connectivity index (χ1n) is 6.16. The van der Waals surface area contributed by atoms with E-state index in [4.69, 9.17) is 0 Å². The Morgan fingerprint density at radius 3 is 2.88 bits per heavy atom. The lowest BCUT2D eigenvalue weighted by Crippen LogP contribution is -2.19. The summed E-state index contributed by atoms with van der Waals surface area (Å²) >= 11 is 1.97. The number of hydrogen-bond donors (Lipinski definition) is 1. The van der Waals surface area contributed by atoms with Crippen LogP contribution in [0, 0.1) is 19.8 Å². The third-order valence-electron chi connectivity index (χ3n) is 3.01. The molecular weight excluding hydrogens is 214 g/mol. The van der Waals surface area contributed by atoms with Crippen LogP contribution in [-0.4, -0.2) is 18.8 Å². The fraction of sp³-hybridized carbons (Fsp3) is 0.571. The van der Waals surface area contributed by atoms with Gasteiger partial charge in [-0.2, -0.15) is 0 Å². The Hall–Kier alpha value is -0.470. The summed E-state index contributed by atoms with van der Waals surface area (Å²) in [6.45, 7) is 6.72. The van der Waals surface area contributed by atoms with Crippen molar-refractivity contribution in [3.05, 3.63) is 29.3 Å². The van der Waals surface area contributed by atoms with E-state index in [1.165, 1.54) is 41.2 Å². The zero-order valence-electron chi connectivity index (χ0n) is 10.3. The molecule has 0 spiro atoms. The van der Waals surface area contributed by atoms with Gasteiger partial charge < -0.3 is 5.32 Å². The summed E-state index contributed by atoms with van der Waals surface area (Å²) in [5.41, 5.74) is 2.76. The number of thioether (sulfide) groups is 1. The molecule has 0 atom stereocenters. The van der Waals surface area contributed by atoms with Crippen molar-refractivity contribution in [3.8, 4) is 0 Å². The Labute approximate surface area is 103 Å². The van der Waals surface area contributed by atoms with Crippen LogP contribution in [0.4, 0.5) is 0 Å². The van der Waals surface area contributed by atoms with E-state index in [9.17, 15) is 0 Å². The van der Waals surface area contributed by atoms with E-state index in [0.29, 0.717) is 0 Å². The smallest absolute Gasteiger partial charge is 0.0106 e. The second-order valence-electron chi connectivity index (χ2n) is 4.76. The number of hydrogen-bond acceptors (Lipinski definition) is 2. The molecule has 1 aliphatic rings. The molecule has 0 amide bonds. The Balaban J connectivity index is 1.69. The Bertz CT molecular complexity index is 345. The van der Waals surface area contributed by atoms with E-state index in [2.05, 4.69) is 37.4 Å². The van der Waals surface area contributed by atoms with Gasteiger partial charge in [-0.05, 0) is 50.8 Å². The molecule has 1 N–H and O–H groups in total. The van der Waals surface area contributed by atoms with Crippen molar-refractivity contribution in [1.82, 2.24) is 5.32 Å². The van der Waals surface area contributed by atoms with Gasteiger partial charge in [0.25, 0.3) is 0 Å². The normalized spacial score (nSPS) is 15.4. The fourth-order valence-corrected chi connectivity index (χ4v) is 2.76. The summed E-state index contributed by atoms with van der Waals surface area (Å²) in [7, 11) is 0. The van der Waals surface area contributed by atoms with Crippen molar-refractivity contribution < 1.29 is 0 Å². The topological polar surface area (TPSA) is 12.0 Å². The lowest BCUT2D eigenvalue weighted by molar-refractivity contribution is 0.666. The average Bonchev–Trinajstić information content (AvgIpc) is 3.06. The van der Waals surface area contributed by atoms with Crippen LogP contribution in [0.3, 0.4) is 0 Å². The second kappa shape index (κ2) is 5.74. The van der Waals surface area contributed by atoms with E-state index >= 15 is 0 Å². The maximum absolute atomic E-state index is 3.53. The zero-order valence-corrected chi connectivity index (χ0v) is 11.1. The molecule has 0 bridgehead atoms. The van der Waals surface area contributed by atoms with Crippen LogP contribution in [-0.2, 0) is 0 Å². The summed E-state index contributed by atoms with van der Waals surface area (Å²) in [6.07, 6.45) is 2.88. The number of aryl methyl sites for hydroxylation is 2. The van der Waals surface area contributed by atoms with E-state index in [1.807, 2.05) is 11.8 Å². The molecule has 88 valence electrons. The summed E-state index contributed by atoms with van der Waals surface area (Å²) in [4.78, 5) is 1.44. The first-order valence-corrected chi connectivity index (χ1v) is 7.15. The Morgan fingerprint density at radius 2 is 2.12 bits per heavy atom. The molecule has 1 fully saturated rings. The molecule has 0 heterocycles. The molecule has 1 aromatic carbocycles. The maximum atomic E-state index is 3.53. The first-order chi connectivity index (χ1) is 7.75. The average molecular weight is 235 g/mol. The third kappa shape index (κ3) is 3.84. The Kier molecular flexibility index (Phi) is 4.30. The lowest BCUT2D eigenvalue weighted by atomic mass is 10.2. The van der Waals surface area contributed by atoms with Gasteiger partial charge in [-0.3, -0.25) is 0 Å². The minimum absolute atomic E-state index is 0.991. The molecule has 2 rings (SSSR count). The predicted octanol–water partition coefficient (Wildman–Crippen LogP) is 3.40. The highest BCUT2D eigenvalue weighted by molar-refractivity contribution is 7.99. The van der Waals surface area contributed by atoms with Crippen LogP contribution in [0.5, 0.6) is 0 Å². The van der Waals surface area contributed by atoms with Gasteiger partial charge in [0.1, 0.15) is 0 Å². The van der Waals surface area contributed by atoms with Crippen molar-refractivity contribution in [1.29, 1.82) is 0 Å². The molecule has 1 aromatic rings. The highest BCUT2D eigenvalue weighted by Crippen LogP contribution is 2.27. The van der Waals surface area contributed by atoms with Crippen LogP contribution >= 0.6 is 11.8 Å². The lowest BCUT2D eigenvalue weighted by Gasteiger charge is -2.07. The second-order valence-corrected chi connectivity index (χ2v) is 5.90. The van der Waals surface area contributed by atoms with Crippen LogP contribution < -0.4 is 5.32 Å². The van der Waals surface area contributed by atoms with E-state index < -0.39 is 0 Å². The van der Waals surface area contributed by atoms with Gasteiger partial charge in [0.15, 0.2) is 0 Å². The SMILES string of the molecule is Cc1ccc(C)c(SCCNCC2CC2)c1. The summed E-state index contributed by atoms with van der Waals surface area (Å²) < 4.78 is 0. The zero-order chi connectivity index (χ0) is 11.4. The van der Waals surface area contributed by atoms with Crippen LogP contribution in [0.2, 0.25) is 0 Å². The maximum Gasteiger partial charge on any atom is 0.0106 e. The highest BCUT2D eigenvalue weighted by Gasteiger charge is 2.19. The van der Waals surface area contributed by atoms with Crippen LogP contribution in [0.25, 0.3) is 0 Å². The van der Waals surface area contributed by atoms with Crippen LogP contribution in [0.1, 0.15) is 24.0 Å². The fourth-order valence-electron chi connectivity index (χ4n) is 1.72. The summed E-state index contributed by atoms with van der Waals surface area (Å²) in [5.74, 6) is 2.17. The molecule has 1 aliphatic carbocycles. The molecule has 0 radical (unpaired) electrons. The van der Waals surface area contributed by atoms with Crippen molar-refractivity contribution >= 4 is 11.8 Å². The van der Waals surface area contributed by atoms with Crippen molar-refractivity contribution in [2.45, 2.75) is 31.6 Å². The number of nitrogens with one attached hydrogen (secondary N) is 1. The van der Waals surface area contributed by atoms with Gasteiger partial charge in [-0.15, -0.1) is 11.8 Å². The summed E-state index contributed by atoms with van der Waals surface area (Å²) in [6, 6.07) is 6.70. The number of rotatable bonds is 6. The van der Waals surface area contributed by atoms with Gasteiger partial charge in [-0.1, -0.05) is 17.7 Å². The van der Waals surface area contributed by atoms with Gasteiger partial charge in [0, 0.05) is 17.2 Å². The standard InChI is InChI=1S/C14H21NS/c1-11-3-4-12(2)14(9-11)16-8-7-15-10-13-5-6-13/h3-4,9,13,15H,5-8,10H2,1-2H3. The van der Waals surface area contributed by atoms with E-state index in [1.54, 1.807) is 0 Å². The first kappa shape index (κ1) is 12.0. The minimum atomic E-state index is 0.991. The van der Waals surface area contributed by atoms with Crippen molar-refractivity contribution in [3.63, 3.8) is 0 Å². The predicted molar refractivity (Wildman–Crippen MR) is 72.2 cm³/mol. The monoisotopic (exact) mass is 235 g/mol. The van der Waals surface area contributed by atoms with Gasteiger partial charge in [0.05, 0.1) is 0 Å². The molecule has 0 aliphatic heterocycles. The van der Waals surface area contributed by atoms with Gasteiger partial charge >= 0.3 is 0 Å². The molecule has 1 saturated carbocycles. The van der Waals surface area contributed by atoms with Gasteiger partial charge in [0.2, 0.25) is 0 Å². The van der Waals surface area contributed by atoms with Crippen molar-refractivity contribution in [2.24, 2.45) is 5.92 Å². The number of benzene rings is 1. The largest absolute Gasteiger partial charge is 0.316 e. The Morgan fingerprint density at radius 1 is 1.31 bits per heavy atom. The van der Waals surface area contributed by atoms with Gasteiger partial charge in [-0.25, -0.2) is 0 Å². The molecule has 2 heteroatoms. The highest BCUT2D eigenvalue weighted by atomic mass is 32.2. The molecule has 0 unspecified atom stereocenters.